The predicted octanol–water partition coefficient (Wildman–Crippen LogP) is 2.50. The Bertz CT molecular complexity index is 528. The van der Waals surface area contributed by atoms with E-state index >= 15 is 0 Å². The lowest BCUT2D eigenvalue weighted by molar-refractivity contribution is 0.171. The summed E-state index contributed by atoms with van der Waals surface area (Å²) in [7, 11) is 0. The van der Waals surface area contributed by atoms with Crippen LogP contribution in [0.3, 0.4) is 0 Å². The Morgan fingerprint density at radius 2 is 2.19 bits per heavy atom. The summed E-state index contributed by atoms with van der Waals surface area (Å²) in [6.07, 6.45) is 7.48. The molecule has 0 aliphatic carbocycles. The molecule has 0 saturated heterocycles. The number of hydrogen-bond acceptors (Lipinski definition) is 4. The molecule has 0 fully saturated rings. The predicted molar refractivity (Wildman–Crippen MR) is 84.9 cm³/mol. The first kappa shape index (κ1) is 16.0. The van der Waals surface area contributed by atoms with Crippen molar-refractivity contribution in [2.75, 3.05) is 19.8 Å². The highest BCUT2D eigenvalue weighted by atomic mass is 35.5. The molecule has 1 aromatic rings. The van der Waals surface area contributed by atoms with Crippen LogP contribution < -0.4 is 20.5 Å². The van der Waals surface area contributed by atoms with E-state index in [0.29, 0.717) is 36.3 Å². The third-order valence-corrected chi connectivity index (χ3v) is 3.72. The van der Waals surface area contributed by atoms with Gasteiger partial charge in [-0.05, 0) is 24.1 Å². The van der Waals surface area contributed by atoms with E-state index in [2.05, 4.69) is 18.2 Å². The van der Waals surface area contributed by atoms with Gasteiger partial charge in [0.25, 0.3) is 0 Å². The number of ether oxygens (including phenoxy) is 2. The number of halogens is 1. The molecule has 0 saturated carbocycles. The quantitative estimate of drug-likeness (QED) is 0.793. The molecule has 0 spiro atoms. The lowest BCUT2D eigenvalue weighted by Gasteiger charge is -2.25. The fourth-order valence-corrected chi connectivity index (χ4v) is 2.65. The summed E-state index contributed by atoms with van der Waals surface area (Å²) < 4.78 is 11.1. The molecular formula is C16H21ClN2O2. The second-order valence-electron chi connectivity index (χ2n) is 4.99. The maximum absolute atomic E-state index is 6.27. The smallest absolute Gasteiger partial charge is 0.179 e. The van der Waals surface area contributed by atoms with Crippen LogP contribution in [0.25, 0.3) is 0 Å². The molecule has 5 heteroatoms. The minimum atomic E-state index is -0.0640. The van der Waals surface area contributed by atoms with Crippen LogP contribution in [-0.2, 0) is 0 Å². The van der Waals surface area contributed by atoms with Crippen LogP contribution in [0.15, 0.2) is 12.1 Å². The summed E-state index contributed by atoms with van der Waals surface area (Å²) in [5.41, 5.74) is 6.85. The largest absolute Gasteiger partial charge is 0.486 e. The molecule has 1 aliphatic heterocycles. The molecular weight excluding hydrogens is 288 g/mol. The molecule has 114 valence electrons. The first-order valence-electron chi connectivity index (χ1n) is 7.20. The number of benzene rings is 1. The Hall–Kier alpha value is -1.41. The van der Waals surface area contributed by atoms with Gasteiger partial charge in [-0.25, -0.2) is 0 Å². The van der Waals surface area contributed by atoms with Crippen LogP contribution in [-0.4, -0.2) is 25.8 Å². The first-order valence-corrected chi connectivity index (χ1v) is 7.58. The highest BCUT2D eigenvalue weighted by Crippen LogP contribution is 2.39. The average Bonchev–Trinajstić information content (AvgIpc) is 2.51. The second-order valence-corrected chi connectivity index (χ2v) is 5.40. The minimum absolute atomic E-state index is 0.00414. The number of nitrogens with one attached hydrogen (secondary N) is 1. The first-order chi connectivity index (χ1) is 10.2. The van der Waals surface area contributed by atoms with Crippen molar-refractivity contribution in [1.29, 1.82) is 0 Å². The Morgan fingerprint density at radius 1 is 1.43 bits per heavy atom. The van der Waals surface area contributed by atoms with Gasteiger partial charge in [-0.2, -0.15) is 0 Å². The van der Waals surface area contributed by atoms with E-state index in [4.69, 9.17) is 33.2 Å². The molecule has 1 heterocycles. The molecule has 0 amide bonds. The van der Waals surface area contributed by atoms with E-state index < -0.39 is 0 Å². The molecule has 1 aromatic carbocycles. The highest BCUT2D eigenvalue weighted by Gasteiger charge is 2.21. The fraction of sp³-hybridized carbons (Fsp3) is 0.500. The van der Waals surface area contributed by atoms with Gasteiger partial charge in [-0.15, -0.1) is 6.42 Å². The SMILES string of the molecule is C#CC(CCC)NC(CN)c1cc(Cl)c2c(c1)OCCO2. The van der Waals surface area contributed by atoms with Crippen LogP contribution in [0.2, 0.25) is 5.02 Å². The third kappa shape index (κ3) is 3.82. The van der Waals surface area contributed by atoms with E-state index in [1.165, 1.54) is 0 Å². The molecule has 4 nitrogen and oxygen atoms in total. The van der Waals surface area contributed by atoms with Crippen LogP contribution in [0, 0.1) is 12.3 Å². The summed E-state index contributed by atoms with van der Waals surface area (Å²) in [5, 5.41) is 3.93. The Morgan fingerprint density at radius 3 is 2.86 bits per heavy atom. The van der Waals surface area contributed by atoms with Gasteiger partial charge in [-0.3, -0.25) is 5.32 Å². The number of hydrogen-bond donors (Lipinski definition) is 2. The van der Waals surface area contributed by atoms with Crippen molar-refractivity contribution in [2.45, 2.75) is 31.8 Å². The van der Waals surface area contributed by atoms with Crippen molar-refractivity contribution in [3.8, 4) is 23.8 Å². The van der Waals surface area contributed by atoms with Gasteiger partial charge in [0.1, 0.15) is 13.2 Å². The number of terminal acetylenes is 1. The van der Waals surface area contributed by atoms with Crippen LogP contribution in [0.4, 0.5) is 0 Å². The van der Waals surface area contributed by atoms with Gasteiger partial charge in [0.05, 0.1) is 11.1 Å². The summed E-state index contributed by atoms with van der Waals surface area (Å²) in [6.45, 7) is 3.57. The zero-order valence-electron chi connectivity index (χ0n) is 12.2. The van der Waals surface area contributed by atoms with E-state index in [0.717, 1.165) is 18.4 Å². The van der Waals surface area contributed by atoms with Gasteiger partial charge in [0, 0.05) is 12.6 Å². The standard InChI is InChI=1S/C16H21ClN2O2/c1-3-5-12(4-2)19-14(10-18)11-8-13(17)16-15(9-11)20-6-7-21-16/h2,8-9,12,14,19H,3,5-7,10,18H2,1H3. The molecule has 3 N–H and O–H groups in total. The zero-order chi connectivity index (χ0) is 15.2. The number of rotatable bonds is 6. The number of fused-ring (bicyclic) bond motifs is 1. The van der Waals surface area contributed by atoms with Crippen molar-refractivity contribution in [3.05, 3.63) is 22.7 Å². The lowest BCUT2D eigenvalue weighted by Crippen LogP contribution is -2.36. The third-order valence-electron chi connectivity index (χ3n) is 3.44. The van der Waals surface area contributed by atoms with Crippen molar-refractivity contribution >= 4 is 11.6 Å². The molecule has 2 atom stereocenters. The number of nitrogens with two attached hydrogens (primary N) is 1. The van der Waals surface area contributed by atoms with Crippen molar-refractivity contribution in [2.24, 2.45) is 5.73 Å². The molecule has 0 aromatic heterocycles. The monoisotopic (exact) mass is 308 g/mol. The normalized spacial score (nSPS) is 16.1. The summed E-state index contributed by atoms with van der Waals surface area (Å²) in [5.74, 6) is 4.02. The van der Waals surface area contributed by atoms with Crippen LogP contribution >= 0.6 is 11.6 Å². The van der Waals surface area contributed by atoms with Gasteiger partial charge >= 0.3 is 0 Å². The topological polar surface area (TPSA) is 56.5 Å². The molecule has 2 rings (SSSR count). The van der Waals surface area contributed by atoms with E-state index in [1.807, 2.05) is 12.1 Å². The summed E-state index contributed by atoms with van der Waals surface area (Å²) in [4.78, 5) is 0. The maximum atomic E-state index is 6.27. The van der Waals surface area contributed by atoms with E-state index in [9.17, 15) is 0 Å². The van der Waals surface area contributed by atoms with Crippen molar-refractivity contribution in [3.63, 3.8) is 0 Å². The van der Waals surface area contributed by atoms with Gasteiger partial charge in [0.2, 0.25) is 0 Å². The minimum Gasteiger partial charge on any atom is -0.486 e. The van der Waals surface area contributed by atoms with Crippen molar-refractivity contribution in [1.82, 2.24) is 5.32 Å². The Balaban J connectivity index is 2.22. The fourth-order valence-electron chi connectivity index (χ4n) is 2.38. The van der Waals surface area contributed by atoms with Gasteiger partial charge in [0.15, 0.2) is 11.5 Å². The zero-order valence-corrected chi connectivity index (χ0v) is 13.0. The van der Waals surface area contributed by atoms with E-state index in [1.54, 1.807) is 0 Å². The molecule has 21 heavy (non-hydrogen) atoms. The van der Waals surface area contributed by atoms with Crippen LogP contribution in [0.1, 0.15) is 31.4 Å². The molecule has 0 bridgehead atoms. The van der Waals surface area contributed by atoms with Gasteiger partial charge in [-0.1, -0.05) is 30.9 Å². The molecule has 0 radical (unpaired) electrons. The average molecular weight is 309 g/mol. The summed E-state index contributed by atoms with van der Waals surface area (Å²) in [6, 6.07) is 3.71. The summed E-state index contributed by atoms with van der Waals surface area (Å²) >= 11 is 6.27. The highest BCUT2D eigenvalue weighted by molar-refractivity contribution is 6.32. The second kappa shape index (κ2) is 7.56. The van der Waals surface area contributed by atoms with E-state index in [-0.39, 0.29) is 12.1 Å². The molecule has 1 aliphatic rings. The van der Waals surface area contributed by atoms with Crippen LogP contribution in [0.5, 0.6) is 11.5 Å². The Labute approximate surface area is 130 Å². The van der Waals surface area contributed by atoms with Crippen molar-refractivity contribution < 1.29 is 9.47 Å². The molecule has 2 unspecified atom stereocenters. The Kier molecular flexibility index (Phi) is 5.75. The van der Waals surface area contributed by atoms with Gasteiger partial charge < -0.3 is 15.2 Å². The lowest BCUT2D eigenvalue weighted by atomic mass is 10.0. The maximum Gasteiger partial charge on any atom is 0.179 e.